The third-order valence-corrected chi connectivity index (χ3v) is 7.56. The molecule has 1 fully saturated rings. The third kappa shape index (κ3) is 3.70. The number of fused-ring (bicyclic) bond motifs is 2. The summed E-state index contributed by atoms with van der Waals surface area (Å²) in [5, 5.41) is 4.46. The highest BCUT2D eigenvalue weighted by molar-refractivity contribution is 5.42. The van der Waals surface area contributed by atoms with E-state index in [-0.39, 0.29) is 0 Å². The third-order valence-electron chi connectivity index (χ3n) is 7.56. The number of imidazole rings is 2. The standard InChI is InChI=1S/C27H32N7/c1-20-7-4-10-26-29-23(15-32(20)26)18-34(14-6-9-22(17-34)25-12-13-28-31(25)3)19-24-16-33-21(2)8-5-11-27(33)30-24/h4-5,7-8,10-13,15-16,22H,6,9,14,17-19H2,1-3H3/q+1. The van der Waals surface area contributed by atoms with Crippen molar-refractivity contribution >= 4 is 11.3 Å². The van der Waals surface area contributed by atoms with Crippen molar-refractivity contribution in [1.82, 2.24) is 28.5 Å². The molecular formula is C27H32N7+. The van der Waals surface area contributed by atoms with E-state index in [1.807, 2.05) is 10.9 Å². The van der Waals surface area contributed by atoms with Crippen molar-refractivity contribution in [3.63, 3.8) is 0 Å². The Morgan fingerprint density at radius 2 is 1.50 bits per heavy atom. The molecule has 1 saturated heterocycles. The number of quaternary nitrogens is 1. The first-order valence-corrected chi connectivity index (χ1v) is 12.2. The van der Waals surface area contributed by atoms with Gasteiger partial charge in [-0.25, -0.2) is 9.97 Å². The minimum Gasteiger partial charge on any atom is -0.313 e. The molecule has 0 amide bonds. The van der Waals surface area contributed by atoms with Gasteiger partial charge in [-0.15, -0.1) is 0 Å². The van der Waals surface area contributed by atoms with Gasteiger partial charge in [0.05, 0.1) is 19.0 Å². The van der Waals surface area contributed by atoms with E-state index in [2.05, 4.69) is 89.7 Å². The summed E-state index contributed by atoms with van der Waals surface area (Å²) in [6.07, 6.45) is 8.77. The number of rotatable bonds is 5. The average molecular weight is 455 g/mol. The maximum absolute atomic E-state index is 5.02. The molecule has 7 nitrogen and oxygen atoms in total. The molecule has 6 rings (SSSR count). The molecular weight excluding hydrogens is 422 g/mol. The highest BCUT2D eigenvalue weighted by Crippen LogP contribution is 2.34. The van der Waals surface area contributed by atoms with Crippen molar-refractivity contribution in [2.75, 3.05) is 13.1 Å². The van der Waals surface area contributed by atoms with Crippen LogP contribution in [0.4, 0.5) is 0 Å². The fourth-order valence-corrected chi connectivity index (χ4v) is 5.93. The second kappa shape index (κ2) is 8.09. The lowest BCUT2D eigenvalue weighted by atomic mass is 9.92. The molecule has 1 aliphatic rings. The monoisotopic (exact) mass is 454 g/mol. The topological polar surface area (TPSA) is 52.4 Å². The predicted molar refractivity (Wildman–Crippen MR) is 132 cm³/mol. The number of nitrogens with zero attached hydrogens (tertiary/aromatic N) is 7. The highest BCUT2D eigenvalue weighted by atomic mass is 15.4. The molecule has 1 atom stereocenters. The molecule has 0 radical (unpaired) electrons. The number of piperidine rings is 1. The van der Waals surface area contributed by atoms with Gasteiger partial charge in [0, 0.05) is 42.7 Å². The number of hydrogen-bond donors (Lipinski definition) is 0. The Bertz CT molecular complexity index is 1390. The molecule has 0 N–H and O–H groups in total. The first-order chi connectivity index (χ1) is 16.5. The zero-order chi connectivity index (χ0) is 23.3. The number of aryl methyl sites for hydroxylation is 3. The van der Waals surface area contributed by atoms with Crippen LogP contribution in [0.1, 0.15) is 47.2 Å². The highest BCUT2D eigenvalue weighted by Gasteiger charge is 2.38. The smallest absolute Gasteiger partial charge is 0.137 e. The number of pyridine rings is 2. The molecule has 5 aromatic heterocycles. The van der Waals surface area contributed by atoms with Crippen LogP contribution >= 0.6 is 0 Å². The van der Waals surface area contributed by atoms with E-state index >= 15 is 0 Å². The van der Waals surface area contributed by atoms with Crippen LogP contribution < -0.4 is 0 Å². The van der Waals surface area contributed by atoms with Crippen LogP contribution in [0.5, 0.6) is 0 Å². The summed E-state index contributed by atoms with van der Waals surface area (Å²) in [6, 6.07) is 14.8. The fourth-order valence-electron chi connectivity index (χ4n) is 5.93. The van der Waals surface area contributed by atoms with E-state index in [4.69, 9.17) is 9.97 Å². The largest absolute Gasteiger partial charge is 0.313 e. The molecule has 1 aliphatic heterocycles. The van der Waals surface area contributed by atoms with Crippen LogP contribution in [0.3, 0.4) is 0 Å². The molecule has 0 spiro atoms. The Morgan fingerprint density at radius 3 is 2.03 bits per heavy atom. The van der Waals surface area contributed by atoms with Crippen molar-refractivity contribution in [2.45, 2.75) is 45.7 Å². The summed E-state index contributed by atoms with van der Waals surface area (Å²) in [7, 11) is 2.06. The Kier molecular flexibility index (Phi) is 5.03. The Hall–Kier alpha value is -3.45. The van der Waals surface area contributed by atoms with Crippen LogP contribution in [0.15, 0.2) is 61.1 Å². The zero-order valence-corrected chi connectivity index (χ0v) is 20.2. The van der Waals surface area contributed by atoms with E-state index in [1.54, 1.807) is 0 Å². The van der Waals surface area contributed by atoms with Crippen molar-refractivity contribution in [1.29, 1.82) is 0 Å². The molecule has 6 heterocycles. The average Bonchev–Trinajstić information content (AvgIpc) is 3.52. The summed E-state index contributed by atoms with van der Waals surface area (Å²) in [6.45, 7) is 8.29. The Balaban J connectivity index is 1.39. The summed E-state index contributed by atoms with van der Waals surface area (Å²) >= 11 is 0. The van der Waals surface area contributed by atoms with Gasteiger partial charge in [0.25, 0.3) is 0 Å². The van der Waals surface area contributed by atoms with E-state index in [1.165, 1.54) is 29.9 Å². The molecule has 0 bridgehead atoms. The van der Waals surface area contributed by atoms with Gasteiger partial charge < -0.3 is 13.3 Å². The maximum Gasteiger partial charge on any atom is 0.137 e. The number of aromatic nitrogens is 6. The number of hydrogen-bond acceptors (Lipinski definition) is 3. The SMILES string of the molecule is Cc1cccc2nc(C[N+]3(Cc4cn5c(C)cccc5n4)CCCC(c4ccnn4C)C3)cn12. The Labute approximate surface area is 199 Å². The van der Waals surface area contributed by atoms with Crippen LogP contribution in [0.25, 0.3) is 11.3 Å². The molecule has 1 unspecified atom stereocenters. The first kappa shape index (κ1) is 21.1. The molecule has 7 heteroatoms. The molecule has 34 heavy (non-hydrogen) atoms. The Morgan fingerprint density at radius 1 is 0.882 bits per heavy atom. The van der Waals surface area contributed by atoms with Gasteiger partial charge in [-0.05, 0) is 57.0 Å². The summed E-state index contributed by atoms with van der Waals surface area (Å²) in [5.74, 6) is 0.485. The second-order valence-corrected chi connectivity index (χ2v) is 10.0. The molecule has 0 aliphatic carbocycles. The van der Waals surface area contributed by atoms with Crippen molar-refractivity contribution in [3.8, 4) is 0 Å². The number of likely N-dealkylation sites (tertiary alicyclic amines) is 1. The minimum absolute atomic E-state index is 0.485. The zero-order valence-electron chi connectivity index (χ0n) is 20.2. The van der Waals surface area contributed by atoms with Crippen LogP contribution in [-0.4, -0.2) is 46.1 Å². The summed E-state index contributed by atoms with van der Waals surface area (Å²) < 4.78 is 7.43. The molecule has 0 saturated carbocycles. The lowest BCUT2D eigenvalue weighted by molar-refractivity contribution is -0.959. The lowest BCUT2D eigenvalue weighted by Crippen LogP contribution is -2.52. The van der Waals surface area contributed by atoms with Crippen molar-refractivity contribution in [3.05, 3.63) is 89.5 Å². The van der Waals surface area contributed by atoms with Gasteiger partial charge in [0.1, 0.15) is 35.8 Å². The van der Waals surface area contributed by atoms with E-state index in [9.17, 15) is 0 Å². The predicted octanol–water partition coefficient (Wildman–Crippen LogP) is 4.43. The van der Waals surface area contributed by atoms with E-state index in [0.717, 1.165) is 53.3 Å². The van der Waals surface area contributed by atoms with Crippen LogP contribution in [-0.2, 0) is 20.1 Å². The minimum atomic E-state index is 0.485. The second-order valence-electron chi connectivity index (χ2n) is 10.0. The molecule has 0 aromatic carbocycles. The van der Waals surface area contributed by atoms with Gasteiger partial charge in [0.15, 0.2) is 0 Å². The molecule has 174 valence electrons. The van der Waals surface area contributed by atoms with Crippen LogP contribution in [0, 0.1) is 13.8 Å². The maximum atomic E-state index is 5.02. The molecule has 5 aromatic rings. The summed E-state index contributed by atoms with van der Waals surface area (Å²) in [5.41, 5.74) is 8.11. The van der Waals surface area contributed by atoms with Gasteiger partial charge in [-0.2, -0.15) is 5.10 Å². The fraction of sp³-hybridized carbons (Fsp3) is 0.370. The summed E-state index contributed by atoms with van der Waals surface area (Å²) in [4.78, 5) is 10.0. The first-order valence-electron chi connectivity index (χ1n) is 12.2. The lowest BCUT2D eigenvalue weighted by Gasteiger charge is -2.43. The quantitative estimate of drug-likeness (QED) is 0.369. The van der Waals surface area contributed by atoms with Crippen molar-refractivity contribution < 1.29 is 4.48 Å². The normalized spacial score (nSPS) is 18.1. The van der Waals surface area contributed by atoms with Gasteiger partial charge in [-0.3, -0.25) is 4.68 Å². The van der Waals surface area contributed by atoms with Crippen LogP contribution in [0.2, 0.25) is 0 Å². The van der Waals surface area contributed by atoms with Gasteiger partial charge >= 0.3 is 0 Å². The van der Waals surface area contributed by atoms with E-state index < -0.39 is 0 Å². The van der Waals surface area contributed by atoms with Gasteiger partial charge in [0.2, 0.25) is 0 Å². The van der Waals surface area contributed by atoms with Crippen molar-refractivity contribution in [2.24, 2.45) is 7.05 Å². The van der Waals surface area contributed by atoms with E-state index in [0.29, 0.717) is 5.92 Å². The van der Waals surface area contributed by atoms with Gasteiger partial charge in [-0.1, -0.05) is 12.1 Å².